The zero-order chi connectivity index (χ0) is 15.9. The van der Waals surface area contributed by atoms with Crippen molar-refractivity contribution in [2.24, 2.45) is 7.05 Å². The van der Waals surface area contributed by atoms with Gasteiger partial charge in [0, 0.05) is 25.2 Å². The molecule has 0 fully saturated rings. The topological polar surface area (TPSA) is 71.3 Å². The Bertz CT molecular complexity index is 748. The number of nitrogens with one attached hydrogen (secondary N) is 1. The molecule has 1 aliphatic rings. The number of aliphatic hydroxyl groups excluding tert-OH is 1. The highest BCUT2D eigenvalue weighted by atomic mass is 16.3. The first-order valence-electron chi connectivity index (χ1n) is 7.21. The molecule has 1 aromatic heterocycles. The lowest BCUT2D eigenvalue weighted by Crippen LogP contribution is -2.34. The van der Waals surface area contributed by atoms with Crippen molar-refractivity contribution < 1.29 is 14.7 Å². The Hall–Kier alpha value is -2.40. The van der Waals surface area contributed by atoms with E-state index in [2.05, 4.69) is 5.32 Å². The Morgan fingerprint density at radius 2 is 2.05 bits per heavy atom. The minimum Gasteiger partial charge on any atom is -0.390 e. The Kier molecular flexibility index (Phi) is 3.58. The van der Waals surface area contributed by atoms with E-state index in [9.17, 15) is 14.7 Å². The summed E-state index contributed by atoms with van der Waals surface area (Å²) in [4.78, 5) is 23.9. The Labute approximate surface area is 128 Å². The molecule has 0 aliphatic heterocycles. The molecule has 3 rings (SSSR count). The first-order valence-corrected chi connectivity index (χ1v) is 7.21. The molecule has 0 radical (unpaired) electrons. The lowest BCUT2D eigenvalue weighted by atomic mass is 10.1. The predicted molar refractivity (Wildman–Crippen MR) is 81.8 cm³/mol. The van der Waals surface area contributed by atoms with Crippen LogP contribution in [0.1, 0.15) is 44.9 Å². The molecule has 114 valence electrons. The summed E-state index contributed by atoms with van der Waals surface area (Å²) in [6.07, 6.45) is 1.54. The molecule has 1 amide bonds. The second-order valence-corrected chi connectivity index (χ2v) is 5.70. The fourth-order valence-corrected chi connectivity index (χ4v) is 2.95. The van der Waals surface area contributed by atoms with Crippen LogP contribution in [-0.4, -0.2) is 27.5 Å². The van der Waals surface area contributed by atoms with Crippen LogP contribution in [0.25, 0.3) is 0 Å². The number of rotatable bonds is 3. The maximum atomic E-state index is 12.5. The number of carbonyl (C=O) groups is 2. The van der Waals surface area contributed by atoms with Gasteiger partial charge in [0.1, 0.15) is 5.69 Å². The summed E-state index contributed by atoms with van der Waals surface area (Å²) in [5.41, 5.74) is 2.91. The lowest BCUT2D eigenvalue weighted by molar-refractivity contribution is 0.0850. The first kappa shape index (κ1) is 14.5. The highest BCUT2D eigenvalue weighted by Crippen LogP contribution is 2.31. The zero-order valence-electron chi connectivity index (χ0n) is 12.5. The number of hydrogen-bond acceptors (Lipinski definition) is 3. The van der Waals surface area contributed by atoms with Crippen LogP contribution in [0.2, 0.25) is 0 Å². The summed E-state index contributed by atoms with van der Waals surface area (Å²) in [5.74, 6) is -0.378. The smallest absolute Gasteiger partial charge is 0.268 e. The van der Waals surface area contributed by atoms with Crippen molar-refractivity contribution in [3.63, 3.8) is 0 Å². The number of aromatic nitrogens is 1. The van der Waals surface area contributed by atoms with E-state index in [1.165, 1.54) is 6.92 Å². The standard InChI is InChI=1S/C17H18N2O3/c1-10(20)12-7-14(19(2)9-12)17(22)18-16-13-6-4-3-5-11(13)8-15(16)21/h3-7,9,15-16,21H,8H2,1-2H3,(H,18,22). The van der Waals surface area contributed by atoms with Crippen molar-refractivity contribution >= 4 is 11.7 Å². The number of hydrogen-bond donors (Lipinski definition) is 2. The molecule has 2 aromatic rings. The number of carbonyl (C=O) groups excluding carboxylic acids is 2. The van der Waals surface area contributed by atoms with Gasteiger partial charge in [-0.15, -0.1) is 0 Å². The van der Waals surface area contributed by atoms with Crippen molar-refractivity contribution in [1.82, 2.24) is 9.88 Å². The third-order valence-corrected chi connectivity index (χ3v) is 4.13. The molecule has 0 saturated carbocycles. The van der Waals surface area contributed by atoms with Crippen LogP contribution in [0.5, 0.6) is 0 Å². The minimum atomic E-state index is -0.631. The van der Waals surface area contributed by atoms with E-state index in [0.29, 0.717) is 17.7 Å². The summed E-state index contributed by atoms with van der Waals surface area (Å²) in [7, 11) is 1.72. The average molecular weight is 298 g/mol. The second kappa shape index (κ2) is 5.42. The molecule has 1 aliphatic carbocycles. The van der Waals surface area contributed by atoms with Gasteiger partial charge in [0.2, 0.25) is 0 Å². The van der Waals surface area contributed by atoms with Crippen LogP contribution in [0, 0.1) is 0 Å². The van der Waals surface area contributed by atoms with Gasteiger partial charge in [0.05, 0.1) is 12.1 Å². The quantitative estimate of drug-likeness (QED) is 0.846. The van der Waals surface area contributed by atoms with Crippen molar-refractivity contribution in [3.8, 4) is 0 Å². The van der Waals surface area contributed by atoms with Crippen LogP contribution in [0.4, 0.5) is 0 Å². The molecular formula is C17H18N2O3. The van der Waals surface area contributed by atoms with Gasteiger partial charge in [-0.25, -0.2) is 0 Å². The minimum absolute atomic E-state index is 0.0825. The maximum Gasteiger partial charge on any atom is 0.268 e. The molecule has 5 nitrogen and oxygen atoms in total. The van der Waals surface area contributed by atoms with Gasteiger partial charge in [-0.1, -0.05) is 24.3 Å². The van der Waals surface area contributed by atoms with Crippen molar-refractivity contribution in [2.45, 2.75) is 25.5 Å². The van der Waals surface area contributed by atoms with E-state index >= 15 is 0 Å². The van der Waals surface area contributed by atoms with Gasteiger partial charge < -0.3 is 15.0 Å². The van der Waals surface area contributed by atoms with E-state index < -0.39 is 12.1 Å². The summed E-state index contributed by atoms with van der Waals surface area (Å²) in [5, 5.41) is 13.1. The predicted octanol–water partition coefficient (Wildman–Crippen LogP) is 1.62. The first-order chi connectivity index (χ1) is 10.5. The van der Waals surface area contributed by atoms with E-state index in [4.69, 9.17) is 0 Å². The fraction of sp³-hybridized carbons (Fsp3) is 0.294. The van der Waals surface area contributed by atoms with Crippen molar-refractivity contribution in [1.29, 1.82) is 0 Å². The fourth-order valence-electron chi connectivity index (χ4n) is 2.95. The van der Waals surface area contributed by atoms with Gasteiger partial charge >= 0.3 is 0 Å². The van der Waals surface area contributed by atoms with Crippen LogP contribution < -0.4 is 5.32 Å². The van der Waals surface area contributed by atoms with Crippen LogP contribution in [0.3, 0.4) is 0 Å². The number of amides is 1. The number of Topliss-reactive ketones (excluding diaryl/α,β-unsaturated/α-hetero) is 1. The highest BCUT2D eigenvalue weighted by molar-refractivity contribution is 5.99. The van der Waals surface area contributed by atoms with Gasteiger partial charge in [0.15, 0.2) is 5.78 Å². The normalized spacial score (nSPS) is 19.8. The molecule has 2 unspecified atom stereocenters. The van der Waals surface area contributed by atoms with Crippen molar-refractivity contribution in [2.75, 3.05) is 0 Å². The molecule has 22 heavy (non-hydrogen) atoms. The van der Waals surface area contributed by atoms with Gasteiger partial charge in [0.25, 0.3) is 5.91 Å². The number of fused-ring (bicyclic) bond motifs is 1. The molecule has 2 N–H and O–H groups in total. The average Bonchev–Trinajstić information content (AvgIpc) is 3.00. The third kappa shape index (κ3) is 2.44. The summed E-state index contributed by atoms with van der Waals surface area (Å²) >= 11 is 0. The zero-order valence-corrected chi connectivity index (χ0v) is 12.5. The number of aryl methyl sites for hydroxylation is 1. The number of benzene rings is 1. The monoisotopic (exact) mass is 298 g/mol. The third-order valence-electron chi connectivity index (χ3n) is 4.13. The molecule has 0 spiro atoms. The molecular weight excluding hydrogens is 280 g/mol. The van der Waals surface area contributed by atoms with E-state index in [1.807, 2.05) is 24.3 Å². The van der Waals surface area contributed by atoms with E-state index in [0.717, 1.165) is 11.1 Å². The van der Waals surface area contributed by atoms with Crippen molar-refractivity contribution in [3.05, 3.63) is 58.9 Å². The van der Waals surface area contributed by atoms with Gasteiger partial charge in [-0.05, 0) is 24.1 Å². The number of aliphatic hydroxyl groups is 1. The highest BCUT2D eigenvalue weighted by Gasteiger charge is 2.32. The second-order valence-electron chi connectivity index (χ2n) is 5.70. The van der Waals surface area contributed by atoms with Gasteiger partial charge in [-0.3, -0.25) is 9.59 Å². The largest absolute Gasteiger partial charge is 0.390 e. The summed E-state index contributed by atoms with van der Waals surface area (Å²) < 4.78 is 1.62. The van der Waals surface area contributed by atoms with Crippen LogP contribution in [0.15, 0.2) is 36.5 Å². The Morgan fingerprint density at radius 3 is 2.73 bits per heavy atom. The summed E-state index contributed by atoms with van der Waals surface area (Å²) in [6, 6.07) is 8.85. The summed E-state index contributed by atoms with van der Waals surface area (Å²) in [6.45, 7) is 1.47. The maximum absolute atomic E-state index is 12.5. The Balaban J connectivity index is 1.84. The number of nitrogens with zero attached hydrogens (tertiary/aromatic N) is 1. The number of ketones is 1. The van der Waals surface area contributed by atoms with E-state index in [1.54, 1.807) is 23.9 Å². The lowest BCUT2D eigenvalue weighted by Gasteiger charge is -2.18. The van der Waals surface area contributed by atoms with Crippen LogP contribution >= 0.6 is 0 Å². The molecule has 0 bridgehead atoms. The molecule has 1 heterocycles. The molecule has 2 atom stereocenters. The van der Waals surface area contributed by atoms with Gasteiger partial charge in [-0.2, -0.15) is 0 Å². The van der Waals surface area contributed by atoms with E-state index in [-0.39, 0.29) is 11.7 Å². The molecule has 0 saturated heterocycles. The van der Waals surface area contributed by atoms with Crippen LogP contribution in [-0.2, 0) is 13.5 Å². The molecule has 1 aromatic carbocycles. The Morgan fingerprint density at radius 1 is 1.32 bits per heavy atom. The molecule has 5 heteroatoms. The SMILES string of the molecule is CC(=O)c1cc(C(=O)NC2c3ccccc3CC2O)n(C)c1.